The second-order valence-electron chi connectivity index (χ2n) is 4.47. The zero-order chi connectivity index (χ0) is 13.1. The molecule has 0 amide bonds. The zero-order valence-corrected chi connectivity index (χ0v) is 12.7. The number of nitrogens with one attached hydrogen (secondary N) is 1. The van der Waals surface area contributed by atoms with Gasteiger partial charge in [0.05, 0.1) is 0 Å². The summed E-state index contributed by atoms with van der Waals surface area (Å²) < 4.78 is 3.45. The Morgan fingerprint density at radius 1 is 1.22 bits per heavy atom. The number of aryl methyl sites for hydroxylation is 1. The molecule has 2 nitrogen and oxygen atoms in total. The van der Waals surface area contributed by atoms with Gasteiger partial charge in [-0.05, 0) is 60.5 Å². The molecule has 18 heavy (non-hydrogen) atoms. The van der Waals surface area contributed by atoms with Crippen LogP contribution in [0.2, 0.25) is 0 Å². The van der Waals surface area contributed by atoms with E-state index in [0.717, 1.165) is 23.2 Å². The van der Waals surface area contributed by atoms with Gasteiger partial charge < -0.3 is 9.88 Å². The maximum Gasteiger partial charge on any atom is 0.0487 e. The van der Waals surface area contributed by atoms with E-state index >= 15 is 0 Å². The van der Waals surface area contributed by atoms with E-state index in [4.69, 9.17) is 0 Å². The molecule has 0 spiro atoms. The molecule has 3 heteroatoms. The topological polar surface area (TPSA) is 17.0 Å². The van der Waals surface area contributed by atoms with Crippen molar-refractivity contribution < 1.29 is 0 Å². The fourth-order valence-corrected chi connectivity index (χ4v) is 2.76. The van der Waals surface area contributed by atoms with Gasteiger partial charge in [-0.1, -0.05) is 12.1 Å². The van der Waals surface area contributed by atoms with Crippen LogP contribution in [0.3, 0.4) is 0 Å². The van der Waals surface area contributed by atoms with Gasteiger partial charge in [-0.15, -0.1) is 0 Å². The van der Waals surface area contributed by atoms with Crippen molar-refractivity contribution in [1.82, 2.24) is 4.57 Å². The highest BCUT2D eigenvalue weighted by Gasteiger charge is 2.07. The third-order valence-corrected chi connectivity index (χ3v) is 4.03. The Bertz CT molecular complexity index is 543. The number of benzene rings is 1. The van der Waals surface area contributed by atoms with Crippen molar-refractivity contribution in [2.75, 3.05) is 5.32 Å². The Labute approximate surface area is 117 Å². The summed E-state index contributed by atoms with van der Waals surface area (Å²) in [5.41, 5.74) is 5.19. The lowest BCUT2D eigenvalue weighted by molar-refractivity contribution is 0.715. The number of nitrogens with zero attached hydrogens (tertiary/aromatic N) is 1. The van der Waals surface area contributed by atoms with Gasteiger partial charge in [-0.2, -0.15) is 0 Å². The highest BCUT2D eigenvalue weighted by Crippen LogP contribution is 2.23. The van der Waals surface area contributed by atoms with Crippen LogP contribution in [0.4, 0.5) is 5.69 Å². The lowest BCUT2D eigenvalue weighted by Gasteiger charge is -2.09. The van der Waals surface area contributed by atoms with Crippen LogP contribution in [0.15, 0.2) is 34.8 Å². The number of halogens is 1. The first-order valence-electron chi connectivity index (χ1n) is 6.27. The van der Waals surface area contributed by atoms with Crippen molar-refractivity contribution in [2.45, 2.75) is 33.9 Å². The van der Waals surface area contributed by atoms with Gasteiger partial charge in [0.1, 0.15) is 0 Å². The van der Waals surface area contributed by atoms with Gasteiger partial charge in [0.2, 0.25) is 0 Å². The minimum absolute atomic E-state index is 0.863. The van der Waals surface area contributed by atoms with Crippen LogP contribution in [0.25, 0.3) is 0 Å². The molecule has 0 aliphatic carbocycles. The molecular weight excluding hydrogens is 288 g/mol. The van der Waals surface area contributed by atoms with Crippen molar-refractivity contribution >= 4 is 21.6 Å². The molecule has 0 saturated carbocycles. The molecule has 1 N–H and O–H groups in total. The summed E-state index contributed by atoms with van der Waals surface area (Å²) in [4.78, 5) is 0. The highest BCUT2D eigenvalue weighted by atomic mass is 79.9. The molecular formula is C15H19BrN2. The van der Waals surface area contributed by atoms with E-state index in [9.17, 15) is 0 Å². The van der Waals surface area contributed by atoms with Crippen LogP contribution in [-0.4, -0.2) is 4.57 Å². The van der Waals surface area contributed by atoms with E-state index in [1.165, 1.54) is 17.0 Å². The molecule has 0 fully saturated rings. The third-order valence-electron chi connectivity index (χ3n) is 3.34. The molecule has 0 aliphatic rings. The SMILES string of the molecule is CCn1c(C)cc(CNc2ccccc2Br)c1C. The van der Waals surface area contributed by atoms with E-state index < -0.39 is 0 Å². The Kier molecular flexibility index (Phi) is 4.12. The minimum atomic E-state index is 0.863. The Hall–Kier alpha value is -1.22. The highest BCUT2D eigenvalue weighted by molar-refractivity contribution is 9.10. The van der Waals surface area contributed by atoms with E-state index in [2.05, 4.69) is 64.8 Å². The van der Waals surface area contributed by atoms with Gasteiger partial charge in [0, 0.05) is 34.6 Å². The predicted molar refractivity (Wildman–Crippen MR) is 81.0 cm³/mol. The summed E-state index contributed by atoms with van der Waals surface area (Å²) in [5.74, 6) is 0. The number of hydrogen-bond acceptors (Lipinski definition) is 1. The van der Waals surface area contributed by atoms with E-state index in [-0.39, 0.29) is 0 Å². The summed E-state index contributed by atoms with van der Waals surface area (Å²) in [7, 11) is 0. The van der Waals surface area contributed by atoms with Crippen molar-refractivity contribution in [1.29, 1.82) is 0 Å². The van der Waals surface area contributed by atoms with Crippen molar-refractivity contribution in [3.63, 3.8) is 0 Å². The molecule has 0 bridgehead atoms. The molecule has 2 rings (SSSR count). The fraction of sp³-hybridized carbons (Fsp3) is 0.333. The Balaban J connectivity index is 2.14. The van der Waals surface area contributed by atoms with Crippen molar-refractivity contribution in [3.05, 3.63) is 51.8 Å². The molecule has 1 heterocycles. The van der Waals surface area contributed by atoms with Crippen LogP contribution in [0.5, 0.6) is 0 Å². The van der Waals surface area contributed by atoms with Crippen LogP contribution >= 0.6 is 15.9 Å². The number of hydrogen-bond donors (Lipinski definition) is 1. The summed E-state index contributed by atoms with van der Waals surface area (Å²) in [5, 5.41) is 3.47. The largest absolute Gasteiger partial charge is 0.380 e. The Morgan fingerprint density at radius 3 is 2.56 bits per heavy atom. The quantitative estimate of drug-likeness (QED) is 0.880. The lowest BCUT2D eigenvalue weighted by atomic mass is 10.2. The molecule has 0 atom stereocenters. The average Bonchev–Trinajstić information content (AvgIpc) is 2.63. The molecule has 96 valence electrons. The third kappa shape index (κ3) is 2.61. The molecule has 0 saturated heterocycles. The predicted octanol–water partition coefficient (Wildman–Crippen LogP) is 4.50. The molecule has 0 aliphatic heterocycles. The molecule has 0 unspecified atom stereocenters. The van der Waals surface area contributed by atoms with Crippen LogP contribution in [-0.2, 0) is 13.1 Å². The van der Waals surface area contributed by atoms with Gasteiger partial charge in [0.15, 0.2) is 0 Å². The second-order valence-corrected chi connectivity index (χ2v) is 5.33. The fourth-order valence-electron chi connectivity index (χ4n) is 2.33. The van der Waals surface area contributed by atoms with Gasteiger partial charge in [-0.25, -0.2) is 0 Å². The van der Waals surface area contributed by atoms with Crippen LogP contribution in [0, 0.1) is 13.8 Å². The standard InChI is InChI=1S/C15H19BrN2/c1-4-18-11(2)9-13(12(18)3)10-17-15-8-6-5-7-14(15)16/h5-9,17H,4,10H2,1-3H3. The normalized spacial score (nSPS) is 10.7. The maximum absolute atomic E-state index is 3.55. The van der Waals surface area contributed by atoms with Gasteiger partial charge >= 0.3 is 0 Å². The number of aromatic nitrogens is 1. The average molecular weight is 307 g/mol. The second kappa shape index (κ2) is 5.61. The summed E-state index contributed by atoms with van der Waals surface area (Å²) in [6, 6.07) is 10.5. The summed E-state index contributed by atoms with van der Waals surface area (Å²) >= 11 is 3.55. The summed E-state index contributed by atoms with van der Waals surface area (Å²) in [6.07, 6.45) is 0. The molecule has 2 aromatic rings. The van der Waals surface area contributed by atoms with Crippen LogP contribution in [0.1, 0.15) is 23.9 Å². The molecule has 1 aromatic carbocycles. The van der Waals surface area contributed by atoms with Gasteiger partial charge in [0.25, 0.3) is 0 Å². The zero-order valence-electron chi connectivity index (χ0n) is 11.1. The first-order valence-corrected chi connectivity index (χ1v) is 7.06. The monoisotopic (exact) mass is 306 g/mol. The van der Waals surface area contributed by atoms with Crippen molar-refractivity contribution in [2.24, 2.45) is 0 Å². The van der Waals surface area contributed by atoms with Crippen LogP contribution < -0.4 is 5.32 Å². The lowest BCUT2D eigenvalue weighted by Crippen LogP contribution is -2.03. The van der Waals surface area contributed by atoms with Crippen molar-refractivity contribution in [3.8, 4) is 0 Å². The number of para-hydroxylation sites is 1. The van der Waals surface area contributed by atoms with E-state index in [1.54, 1.807) is 0 Å². The van der Waals surface area contributed by atoms with E-state index in [0.29, 0.717) is 0 Å². The summed E-state index contributed by atoms with van der Waals surface area (Å²) in [6.45, 7) is 8.44. The molecule has 0 radical (unpaired) electrons. The number of rotatable bonds is 4. The van der Waals surface area contributed by atoms with Gasteiger partial charge in [-0.3, -0.25) is 0 Å². The number of anilines is 1. The van der Waals surface area contributed by atoms with E-state index in [1.807, 2.05) is 12.1 Å². The first-order chi connectivity index (χ1) is 8.63. The first kappa shape index (κ1) is 13.2. The molecule has 1 aromatic heterocycles. The Morgan fingerprint density at radius 2 is 1.94 bits per heavy atom. The smallest absolute Gasteiger partial charge is 0.0487 e. The minimum Gasteiger partial charge on any atom is -0.380 e. The maximum atomic E-state index is 3.55.